The van der Waals surface area contributed by atoms with Crippen LogP contribution < -0.4 is 0 Å². The van der Waals surface area contributed by atoms with Gasteiger partial charge < -0.3 is 4.57 Å². The third-order valence-corrected chi connectivity index (χ3v) is 12.0. The summed E-state index contributed by atoms with van der Waals surface area (Å²) >= 11 is 1.81. The SMILES string of the molecule is c1ccc(-c2ccc(-n3c4ccccc4c4cc(-c5cccc6c5sc5c(-c7nc(-c8ccccc8)nc(-c8ccccc8)n7)cccc56)ccc43)cc2)cc1. The van der Waals surface area contributed by atoms with Gasteiger partial charge in [-0.15, -0.1) is 11.3 Å². The fourth-order valence-corrected chi connectivity index (χ4v) is 9.35. The molecule has 4 nitrogen and oxygen atoms in total. The maximum atomic E-state index is 5.09. The molecule has 0 aliphatic carbocycles. The van der Waals surface area contributed by atoms with Crippen LogP contribution >= 0.6 is 11.3 Å². The van der Waals surface area contributed by atoms with E-state index in [2.05, 4.69) is 162 Å². The maximum absolute atomic E-state index is 5.09. The van der Waals surface area contributed by atoms with Gasteiger partial charge >= 0.3 is 0 Å². The van der Waals surface area contributed by atoms with Gasteiger partial charge in [-0.2, -0.15) is 0 Å². The zero-order chi connectivity index (χ0) is 37.0. The molecule has 0 spiro atoms. The molecule has 0 aliphatic heterocycles. The molecule has 0 unspecified atom stereocenters. The van der Waals surface area contributed by atoms with E-state index in [0.717, 1.165) is 27.1 Å². The molecule has 3 aromatic heterocycles. The molecule has 0 radical (unpaired) electrons. The molecule has 56 heavy (non-hydrogen) atoms. The lowest BCUT2D eigenvalue weighted by Crippen LogP contribution is -2.00. The molecule has 0 saturated carbocycles. The van der Waals surface area contributed by atoms with E-state index in [9.17, 15) is 0 Å². The third kappa shape index (κ3) is 5.40. The standard InChI is InChI=1S/C51H32N4S/c1-4-14-33(15-5-1)34-26-29-38(30-27-34)55-45-25-11-10-20-40(45)44-32-37(28-31-46(44)55)39-21-12-22-41-42-23-13-24-43(48(42)56-47(39)41)51-53-49(35-16-6-2-7-17-35)52-50(54-51)36-18-8-3-9-19-36/h1-32H. The lowest BCUT2D eigenvalue weighted by Gasteiger charge is -2.10. The zero-order valence-electron chi connectivity index (χ0n) is 30.2. The van der Waals surface area contributed by atoms with Gasteiger partial charge in [-0.05, 0) is 58.7 Å². The number of para-hydroxylation sites is 1. The van der Waals surface area contributed by atoms with Gasteiger partial charge in [0.2, 0.25) is 0 Å². The van der Waals surface area contributed by atoms with Crippen molar-refractivity contribution in [3.63, 3.8) is 0 Å². The van der Waals surface area contributed by atoms with Gasteiger partial charge in [0.25, 0.3) is 0 Å². The molecule has 262 valence electrons. The van der Waals surface area contributed by atoms with Crippen molar-refractivity contribution >= 4 is 53.3 Å². The predicted octanol–water partition coefficient (Wildman–Crippen LogP) is 13.7. The summed E-state index contributed by atoms with van der Waals surface area (Å²) in [5.41, 5.74) is 11.3. The van der Waals surface area contributed by atoms with Gasteiger partial charge in [-0.25, -0.2) is 15.0 Å². The van der Waals surface area contributed by atoms with E-state index in [1.165, 1.54) is 59.5 Å². The number of thiophene rings is 1. The van der Waals surface area contributed by atoms with Crippen molar-refractivity contribution in [2.24, 2.45) is 0 Å². The van der Waals surface area contributed by atoms with Crippen molar-refractivity contribution in [2.75, 3.05) is 0 Å². The number of aromatic nitrogens is 4. The molecule has 0 saturated heterocycles. The molecule has 3 heterocycles. The van der Waals surface area contributed by atoms with Crippen LogP contribution in [0.25, 0.3) is 104 Å². The Morgan fingerprint density at radius 2 is 0.804 bits per heavy atom. The number of benzene rings is 8. The van der Waals surface area contributed by atoms with Gasteiger partial charge in [-0.3, -0.25) is 0 Å². The molecule has 0 fully saturated rings. The van der Waals surface area contributed by atoms with Gasteiger partial charge in [0.15, 0.2) is 17.5 Å². The van der Waals surface area contributed by atoms with Crippen molar-refractivity contribution in [2.45, 2.75) is 0 Å². The van der Waals surface area contributed by atoms with Crippen molar-refractivity contribution in [1.82, 2.24) is 19.5 Å². The van der Waals surface area contributed by atoms with Gasteiger partial charge in [0.1, 0.15) is 0 Å². The summed E-state index contributed by atoms with van der Waals surface area (Å²) in [6.07, 6.45) is 0. The molecule has 0 amide bonds. The second-order valence-corrected chi connectivity index (χ2v) is 15.0. The Morgan fingerprint density at radius 3 is 1.46 bits per heavy atom. The van der Waals surface area contributed by atoms with E-state index in [-0.39, 0.29) is 0 Å². The second kappa shape index (κ2) is 13.3. The first-order valence-corrected chi connectivity index (χ1v) is 19.6. The Labute approximate surface area is 327 Å². The third-order valence-electron chi connectivity index (χ3n) is 10.7. The number of hydrogen-bond acceptors (Lipinski definition) is 4. The highest BCUT2D eigenvalue weighted by molar-refractivity contribution is 7.26. The topological polar surface area (TPSA) is 43.6 Å². The van der Waals surface area contributed by atoms with Gasteiger partial charge in [0.05, 0.1) is 11.0 Å². The largest absolute Gasteiger partial charge is 0.309 e. The molecule has 11 rings (SSSR count). The van der Waals surface area contributed by atoms with Crippen LogP contribution in [0.15, 0.2) is 194 Å². The Hall–Kier alpha value is -7.21. The molecular formula is C51H32N4S. The first-order valence-electron chi connectivity index (χ1n) is 18.8. The Bertz CT molecular complexity index is 3160. The quantitative estimate of drug-likeness (QED) is 0.171. The number of hydrogen-bond donors (Lipinski definition) is 0. The maximum Gasteiger partial charge on any atom is 0.165 e. The summed E-state index contributed by atoms with van der Waals surface area (Å²) in [7, 11) is 0. The van der Waals surface area contributed by atoms with E-state index in [1.54, 1.807) is 0 Å². The van der Waals surface area contributed by atoms with Gasteiger partial charge in [0, 0.05) is 53.3 Å². The summed E-state index contributed by atoms with van der Waals surface area (Å²) in [6.45, 7) is 0. The average molecular weight is 733 g/mol. The summed E-state index contributed by atoms with van der Waals surface area (Å²) in [6, 6.07) is 68.6. The molecule has 5 heteroatoms. The number of fused-ring (bicyclic) bond motifs is 6. The van der Waals surface area contributed by atoms with Crippen molar-refractivity contribution in [3.05, 3.63) is 194 Å². The fraction of sp³-hybridized carbons (Fsp3) is 0. The second-order valence-electron chi connectivity index (χ2n) is 14.0. The Morgan fingerprint density at radius 1 is 0.321 bits per heavy atom. The van der Waals surface area contributed by atoms with Crippen LogP contribution in [0.5, 0.6) is 0 Å². The van der Waals surface area contributed by atoms with Crippen LogP contribution in [0.4, 0.5) is 0 Å². The normalized spacial score (nSPS) is 11.6. The first-order chi connectivity index (χ1) is 27.8. The highest BCUT2D eigenvalue weighted by atomic mass is 32.1. The van der Waals surface area contributed by atoms with Crippen LogP contribution in [0.1, 0.15) is 0 Å². The minimum absolute atomic E-state index is 0.660. The fourth-order valence-electron chi connectivity index (χ4n) is 8.00. The van der Waals surface area contributed by atoms with Gasteiger partial charge in [-0.1, -0.05) is 158 Å². The van der Waals surface area contributed by atoms with E-state index in [4.69, 9.17) is 15.0 Å². The summed E-state index contributed by atoms with van der Waals surface area (Å²) in [4.78, 5) is 15.1. The van der Waals surface area contributed by atoms with Crippen molar-refractivity contribution in [1.29, 1.82) is 0 Å². The minimum Gasteiger partial charge on any atom is -0.309 e. The Kier molecular flexibility index (Phi) is 7.64. The minimum atomic E-state index is 0.660. The van der Waals surface area contributed by atoms with Crippen LogP contribution in [0.3, 0.4) is 0 Å². The van der Waals surface area contributed by atoms with E-state index in [1.807, 2.05) is 47.7 Å². The van der Waals surface area contributed by atoms with Crippen LogP contribution in [0.2, 0.25) is 0 Å². The van der Waals surface area contributed by atoms with Crippen LogP contribution in [-0.2, 0) is 0 Å². The highest BCUT2D eigenvalue weighted by Gasteiger charge is 2.19. The summed E-state index contributed by atoms with van der Waals surface area (Å²) in [5, 5.41) is 4.89. The van der Waals surface area contributed by atoms with E-state index in [0.29, 0.717) is 17.5 Å². The molecule has 0 atom stereocenters. The molecule has 0 bridgehead atoms. The highest BCUT2D eigenvalue weighted by Crippen LogP contribution is 2.45. The molecule has 11 aromatic rings. The van der Waals surface area contributed by atoms with Crippen LogP contribution in [-0.4, -0.2) is 19.5 Å². The number of rotatable bonds is 6. The summed E-state index contributed by atoms with van der Waals surface area (Å²) < 4.78 is 4.79. The van der Waals surface area contributed by atoms with Crippen molar-refractivity contribution < 1.29 is 0 Å². The molecule has 0 aliphatic rings. The number of nitrogens with zero attached hydrogens (tertiary/aromatic N) is 4. The van der Waals surface area contributed by atoms with Crippen LogP contribution in [0, 0.1) is 0 Å². The van der Waals surface area contributed by atoms with E-state index >= 15 is 0 Å². The van der Waals surface area contributed by atoms with E-state index < -0.39 is 0 Å². The lowest BCUT2D eigenvalue weighted by molar-refractivity contribution is 1.08. The first kappa shape index (κ1) is 32.2. The predicted molar refractivity (Wildman–Crippen MR) is 234 cm³/mol. The smallest absolute Gasteiger partial charge is 0.165 e. The zero-order valence-corrected chi connectivity index (χ0v) is 31.0. The molecule has 8 aromatic carbocycles. The monoisotopic (exact) mass is 732 g/mol. The lowest BCUT2D eigenvalue weighted by atomic mass is 10.00. The molecular weight excluding hydrogens is 701 g/mol. The average Bonchev–Trinajstić information content (AvgIpc) is 3.83. The summed E-state index contributed by atoms with van der Waals surface area (Å²) in [5.74, 6) is 1.99. The molecule has 0 N–H and O–H groups in total. The van der Waals surface area contributed by atoms with Crippen molar-refractivity contribution in [3.8, 4) is 62.1 Å². The Balaban J connectivity index is 1.06.